The zero-order valence-electron chi connectivity index (χ0n) is 12.7. The molecular formula is C15H23N3O3. The average Bonchev–Trinajstić information content (AvgIpc) is 3.23. The van der Waals surface area contributed by atoms with E-state index in [-0.39, 0.29) is 6.04 Å². The van der Waals surface area contributed by atoms with Gasteiger partial charge < -0.3 is 9.63 Å². The number of piperazine rings is 1. The van der Waals surface area contributed by atoms with Crippen LogP contribution in [0.2, 0.25) is 0 Å². The predicted molar refractivity (Wildman–Crippen MR) is 77.0 cm³/mol. The molecule has 1 aliphatic heterocycles. The Balaban J connectivity index is 1.56. The maximum Gasteiger partial charge on any atom is 0.321 e. The highest BCUT2D eigenvalue weighted by atomic mass is 16.5. The number of aromatic nitrogens is 1. The SMILES string of the molecule is Cc1noc(C)c1CN1CCN(C(C(=O)O)C2CC2)CC1. The van der Waals surface area contributed by atoms with Crippen molar-refractivity contribution in [3.05, 3.63) is 17.0 Å². The smallest absolute Gasteiger partial charge is 0.321 e. The van der Waals surface area contributed by atoms with Crippen molar-refractivity contribution in [1.29, 1.82) is 0 Å². The quantitative estimate of drug-likeness (QED) is 0.881. The Morgan fingerprint density at radius 3 is 2.48 bits per heavy atom. The average molecular weight is 293 g/mol. The Kier molecular flexibility index (Phi) is 3.99. The highest BCUT2D eigenvalue weighted by Crippen LogP contribution is 2.36. The molecule has 0 radical (unpaired) electrons. The van der Waals surface area contributed by atoms with Gasteiger partial charge in [0.2, 0.25) is 0 Å². The van der Waals surface area contributed by atoms with Crippen molar-refractivity contribution in [2.45, 2.75) is 39.3 Å². The normalized spacial score (nSPS) is 22.4. The Labute approximate surface area is 124 Å². The monoisotopic (exact) mass is 293 g/mol. The van der Waals surface area contributed by atoms with E-state index in [1.165, 1.54) is 5.56 Å². The van der Waals surface area contributed by atoms with Gasteiger partial charge in [0, 0.05) is 38.3 Å². The number of rotatable bonds is 5. The van der Waals surface area contributed by atoms with Gasteiger partial charge >= 0.3 is 5.97 Å². The molecule has 1 N–H and O–H groups in total. The van der Waals surface area contributed by atoms with Crippen LogP contribution in [0, 0.1) is 19.8 Å². The Morgan fingerprint density at radius 1 is 1.33 bits per heavy atom. The largest absolute Gasteiger partial charge is 0.480 e. The van der Waals surface area contributed by atoms with E-state index in [4.69, 9.17) is 4.52 Å². The van der Waals surface area contributed by atoms with Crippen molar-refractivity contribution >= 4 is 5.97 Å². The number of nitrogens with zero attached hydrogens (tertiary/aromatic N) is 3. The maximum absolute atomic E-state index is 11.4. The molecule has 2 aliphatic rings. The molecule has 6 heteroatoms. The lowest BCUT2D eigenvalue weighted by molar-refractivity contribution is -0.145. The minimum absolute atomic E-state index is 0.272. The van der Waals surface area contributed by atoms with Gasteiger partial charge in [0.25, 0.3) is 0 Å². The summed E-state index contributed by atoms with van der Waals surface area (Å²) >= 11 is 0. The van der Waals surface area contributed by atoms with Gasteiger partial charge in [-0.25, -0.2) is 0 Å². The molecule has 0 bridgehead atoms. The molecule has 1 aliphatic carbocycles. The molecule has 2 fully saturated rings. The van der Waals surface area contributed by atoms with Gasteiger partial charge in [-0.3, -0.25) is 14.6 Å². The summed E-state index contributed by atoms with van der Waals surface area (Å²) in [5, 5.41) is 13.4. The summed E-state index contributed by atoms with van der Waals surface area (Å²) in [5.41, 5.74) is 2.12. The maximum atomic E-state index is 11.4. The number of carboxylic acid groups (broad SMARTS) is 1. The van der Waals surface area contributed by atoms with Crippen LogP contribution in [0.25, 0.3) is 0 Å². The van der Waals surface area contributed by atoms with Gasteiger partial charge in [-0.05, 0) is 32.6 Å². The summed E-state index contributed by atoms with van der Waals surface area (Å²) in [5.74, 6) is 0.601. The van der Waals surface area contributed by atoms with Crippen LogP contribution in [0.3, 0.4) is 0 Å². The molecule has 0 spiro atoms. The highest BCUT2D eigenvalue weighted by molar-refractivity contribution is 5.74. The van der Waals surface area contributed by atoms with Crippen LogP contribution in [0.4, 0.5) is 0 Å². The molecule has 21 heavy (non-hydrogen) atoms. The van der Waals surface area contributed by atoms with Gasteiger partial charge in [-0.15, -0.1) is 0 Å². The van der Waals surface area contributed by atoms with E-state index in [2.05, 4.69) is 15.0 Å². The summed E-state index contributed by atoms with van der Waals surface area (Å²) in [7, 11) is 0. The minimum atomic E-state index is -0.656. The second-order valence-corrected chi connectivity index (χ2v) is 6.24. The molecule has 1 saturated heterocycles. The molecule has 1 unspecified atom stereocenters. The van der Waals surface area contributed by atoms with Crippen molar-refractivity contribution in [3.63, 3.8) is 0 Å². The minimum Gasteiger partial charge on any atom is -0.480 e. The van der Waals surface area contributed by atoms with E-state index in [1.54, 1.807) is 0 Å². The molecular weight excluding hydrogens is 270 g/mol. The summed E-state index contributed by atoms with van der Waals surface area (Å²) < 4.78 is 5.20. The van der Waals surface area contributed by atoms with Crippen LogP contribution in [-0.2, 0) is 11.3 Å². The third kappa shape index (κ3) is 3.11. The van der Waals surface area contributed by atoms with E-state index in [9.17, 15) is 9.90 Å². The van der Waals surface area contributed by atoms with Crippen molar-refractivity contribution < 1.29 is 14.4 Å². The Morgan fingerprint density at radius 2 is 2.00 bits per heavy atom. The van der Waals surface area contributed by atoms with Crippen LogP contribution in [0.5, 0.6) is 0 Å². The molecule has 0 amide bonds. The molecule has 1 aromatic heterocycles. The zero-order chi connectivity index (χ0) is 15.0. The van der Waals surface area contributed by atoms with Crippen LogP contribution >= 0.6 is 0 Å². The lowest BCUT2D eigenvalue weighted by Gasteiger charge is -2.37. The molecule has 3 rings (SSSR count). The summed E-state index contributed by atoms with van der Waals surface area (Å²) in [6, 6.07) is -0.272. The fourth-order valence-corrected chi connectivity index (χ4v) is 3.22. The van der Waals surface area contributed by atoms with Gasteiger partial charge in [0.1, 0.15) is 11.8 Å². The second kappa shape index (κ2) is 5.77. The molecule has 1 saturated carbocycles. The molecule has 6 nitrogen and oxygen atoms in total. The van der Waals surface area contributed by atoms with E-state index < -0.39 is 5.97 Å². The number of aryl methyl sites for hydroxylation is 2. The first kappa shape index (κ1) is 14.5. The molecule has 2 heterocycles. The third-order valence-corrected chi connectivity index (χ3v) is 4.68. The zero-order valence-corrected chi connectivity index (χ0v) is 12.7. The number of hydrogen-bond acceptors (Lipinski definition) is 5. The summed E-state index contributed by atoms with van der Waals surface area (Å²) in [6.07, 6.45) is 2.13. The Hall–Kier alpha value is -1.40. The number of hydrogen-bond donors (Lipinski definition) is 1. The number of carboxylic acids is 1. The first-order chi connectivity index (χ1) is 10.1. The fourth-order valence-electron chi connectivity index (χ4n) is 3.22. The summed E-state index contributed by atoms with van der Waals surface area (Å²) in [4.78, 5) is 15.9. The number of carbonyl (C=O) groups is 1. The van der Waals surface area contributed by atoms with Crippen molar-refractivity contribution in [2.75, 3.05) is 26.2 Å². The molecule has 116 valence electrons. The number of aliphatic carboxylic acids is 1. The molecule has 1 atom stereocenters. The van der Waals surface area contributed by atoms with Crippen LogP contribution in [-0.4, -0.2) is 58.3 Å². The van der Waals surface area contributed by atoms with Crippen molar-refractivity contribution in [2.24, 2.45) is 5.92 Å². The Bertz CT molecular complexity index is 497. The van der Waals surface area contributed by atoms with Gasteiger partial charge in [-0.2, -0.15) is 0 Å². The highest BCUT2D eigenvalue weighted by Gasteiger charge is 2.41. The lowest BCUT2D eigenvalue weighted by atomic mass is 10.1. The second-order valence-electron chi connectivity index (χ2n) is 6.24. The van der Waals surface area contributed by atoms with E-state index >= 15 is 0 Å². The van der Waals surface area contributed by atoms with Crippen molar-refractivity contribution in [3.8, 4) is 0 Å². The first-order valence-electron chi connectivity index (χ1n) is 7.67. The molecule has 0 aromatic carbocycles. The fraction of sp³-hybridized carbons (Fsp3) is 0.733. The predicted octanol–water partition coefficient (Wildman–Crippen LogP) is 1.27. The van der Waals surface area contributed by atoms with Gasteiger partial charge in [-0.1, -0.05) is 5.16 Å². The first-order valence-corrected chi connectivity index (χ1v) is 7.67. The van der Waals surface area contributed by atoms with E-state index in [0.717, 1.165) is 57.0 Å². The topological polar surface area (TPSA) is 69.8 Å². The standard InChI is InChI=1S/C15H23N3O3/c1-10-13(11(2)21-16-10)9-17-5-7-18(8-6-17)14(15(19)20)12-3-4-12/h12,14H,3-9H2,1-2H3,(H,19,20). The summed E-state index contributed by atoms with van der Waals surface area (Å²) in [6.45, 7) is 8.22. The van der Waals surface area contributed by atoms with Gasteiger partial charge in [0.15, 0.2) is 0 Å². The van der Waals surface area contributed by atoms with E-state index in [1.807, 2.05) is 13.8 Å². The van der Waals surface area contributed by atoms with Crippen LogP contribution in [0.1, 0.15) is 29.9 Å². The molecule has 1 aromatic rings. The lowest BCUT2D eigenvalue weighted by Crippen LogP contribution is -2.53. The van der Waals surface area contributed by atoms with Crippen LogP contribution in [0.15, 0.2) is 4.52 Å². The van der Waals surface area contributed by atoms with Crippen molar-refractivity contribution in [1.82, 2.24) is 15.0 Å². The van der Waals surface area contributed by atoms with Gasteiger partial charge in [0.05, 0.1) is 5.69 Å². The third-order valence-electron chi connectivity index (χ3n) is 4.68. The van der Waals surface area contributed by atoms with Crippen LogP contribution < -0.4 is 0 Å². The van der Waals surface area contributed by atoms with E-state index in [0.29, 0.717) is 5.92 Å².